The second-order valence-electron chi connectivity index (χ2n) is 5.50. The lowest BCUT2D eigenvalue weighted by Gasteiger charge is -2.17. The van der Waals surface area contributed by atoms with Gasteiger partial charge in [0.25, 0.3) is 0 Å². The van der Waals surface area contributed by atoms with Crippen molar-refractivity contribution in [2.45, 2.75) is 37.1 Å². The second-order valence-corrected chi connectivity index (χ2v) is 6.64. The first kappa shape index (κ1) is 16.7. The van der Waals surface area contributed by atoms with Crippen molar-refractivity contribution in [2.75, 3.05) is 13.3 Å². The summed E-state index contributed by atoms with van der Waals surface area (Å²) in [4.78, 5) is 15.5. The van der Waals surface area contributed by atoms with Crippen LogP contribution >= 0.6 is 11.8 Å². The first-order chi connectivity index (χ1) is 10.6. The number of nitrogens with two attached hydrogens (primary N) is 1. The molecule has 1 aromatic carbocycles. The van der Waals surface area contributed by atoms with Gasteiger partial charge >= 0.3 is 0 Å². The van der Waals surface area contributed by atoms with Gasteiger partial charge in [-0.15, -0.1) is 0 Å². The van der Waals surface area contributed by atoms with E-state index in [1.807, 2.05) is 30.0 Å². The number of carbonyl (C=O) groups is 1. The zero-order valence-electron chi connectivity index (χ0n) is 13.1. The first-order valence-electron chi connectivity index (χ1n) is 7.51. The quantitative estimate of drug-likeness (QED) is 0.570. The van der Waals surface area contributed by atoms with E-state index in [2.05, 4.69) is 21.9 Å². The zero-order chi connectivity index (χ0) is 15.9. The highest BCUT2D eigenvalue weighted by Gasteiger charge is 2.24. The van der Waals surface area contributed by atoms with Gasteiger partial charge in [0.2, 0.25) is 5.91 Å². The molecule has 6 heteroatoms. The van der Waals surface area contributed by atoms with E-state index in [0.717, 1.165) is 16.8 Å². The van der Waals surface area contributed by atoms with Gasteiger partial charge in [0.05, 0.1) is 0 Å². The van der Waals surface area contributed by atoms with E-state index in [0.29, 0.717) is 18.2 Å². The summed E-state index contributed by atoms with van der Waals surface area (Å²) >= 11 is 1.94. The molecule has 0 spiro atoms. The molecule has 0 aliphatic heterocycles. The summed E-state index contributed by atoms with van der Waals surface area (Å²) in [5, 5.41) is 7.52. The van der Waals surface area contributed by atoms with Crippen LogP contribution in [0.3, 0.4) is 0 Å². The summed E-state index contributed by atoms with van der Waals surface area (Å²) in [6.45, 7) is 0.611. The van der Waals surface area contributed by atoms with E-state index in [4.69, 9.17) is 5.73 Å². The lowest BCUT2D eigenvalue weighted by atomic mass is 10.1. The maximum atomic E-state index is 11.2. The van der Waals surface area contributed by atoms with Crippen molar-refractivity contribution in [3.63, 3.8) is 0 Å². The fourth-order valence-corrected chi connectivity index (χ4v) is 3.49. The van der Waals surface area contributed by atoms with Gasteiger partial charge in [0.1, 0.15) is 0 Å². The lowest BCUT2D eigenvalue weighted by molar-refractivity contribution is 0.1000. The summed E-state index contributed by atoms with van der Waals surface area (Å²) in [5.41, 5.74) is 6.84. The average molecular weight is 320 g/mol. The van der Waals surface area contributed by atoms with E-state index in [-0.39, 0.29) is 0 Å². The fourth-order valence-electron chi connectivity index (χ4n) is 2.69. The number of aliphatic imine (C=N–C) groups is 1. The smallest absolute Gasteiger partial charge is 0.248 e. The largest absolute Gasteiger partial charge is 0.366 e. The minimum absolute atomic E-state index is 0.404. The normalized spacial score (nSPS) is 21.6. The number of nitrogens with one attached hydrogen (secondary N) is 2. The van der Waals surface area contributed by atoms with Crippen LogP contribution in [0.5, 0.6) is 0 Å². The molecule has 0 saturated heterocycles. The standard InChI is InChI=1S/C16H24N4OS/c1-18-16(20-13-6-7-14(9-13)22-2)19-10-11-4-3-5-12(8-11)15(17)21/h3-5,8,13-14H,6-7,9-10H2,1-2H3,(H2,17,21)(H2,18,19,20). The van der Waals surface area contributed by atoms with Gasteiger partial charge in [0, 0.05) is 30.4 Å². The molecule has 1 saturated carbocycles. The number of hydrogen-bond acceptors (Lipinski definition) is 3. The van der Waals surface area contributed by atoms with Crippen LogP contribution in [0.4, 0.5) is 0 Å². The summed E-state index contributed by atoms with van der Waals surface area (Å²) in [5.74, 6) is 0.398. The number of carbonyl (C=O) groups excluding carboxylic acids is 1. The van der Waals surface area contributed by atoms with Gasteiger partial charge < -0.3 is 16.4 Å². The van der Waals surface area contributed by atoms with Crippen molar-refractivity contribution in [1.82, 2.24) is 10.6 Å². The van der Waals surface area contributed by atoms with Crippen LogP contribution in [0.25, 0.3) is 0 Å². The Balaban J connectivity index is 1.86. The predicted octanol–water partition coefficient (Wildman–Crippen LogP) is 1.73. The molecule has 2 rings (SSSR count). The van der Waals surface area contributed by atoms with Crippen molar-refractivity contribution in [1.29, 1.82) is 0 Å². The SMILES string of the molecule is CN=C(NCc1cccc(C(N)=O)c1)NC1CCC(SC)C1. The average Bonchev–Trinajstić information content (AvgIpc) is 2.99. The van der Waals surface area contributed by atoms with Gasteiger partial charge in [-0.2, -0.15) is 11.8 Å². The van der Waals surface area contributed by atoms with Gasteiger partial charge in [-0.25, -0.2) is 0 Å². The van der Waals surface area contributed by atoms with Crippen LogP contribution in [-0.4, -0.2) is 36.5 Å². The second kappa shape index (κ2) is 8.08. The molecule has 22 heavy (non-hydrogen) atoms. The van der Waals surface area contributed by atoms with E-state index < -0.39 is 5.91 Å². The molecule has 0 bridgehead atoms. The summed E-state index contributed by atoms with van der Waals surface area (Å²) in [7, 11) is 1.77. The zero-order valence-corrected chi connectivity index (χ0v) is 14.0. The highest BCUT2D eigenvalue weighted by molar-refractivity contribution is 7.99. The van der Waals surface area contributed by atoms with Crippen molar-refractivity contribution < 1.29 is 4.79 Å². The minimum Gasteiger partial charge on any atom is -0.366 e. The highest BCUT2D eigenvalue weighted by Crippen LogP contribution is 2.27. The molecule has 0 heterocycles. The summed E-state index contributed by atoms with van der Waals surface area (Å²) < 4.78 is 0. The third-order valence-corrected chi connectivity index (χ3v) is 5.05. The molecular formula is C16H24N4OS. The van der Waals surface area contributed by atoms with E-state index in [1.165, 1.54) is 19.3 Å². The third kappa shape index (κ3) is 4.66. The number of primary amides is 1. The Morgan fingerprint density at radius 3 is 2.91 bits per heavy atom. The maximum Gasteiger partial charge on any atom is 0.248 e. The Morgan fingerprint density at radius 1 is 1.45 bits per heavy atom. The first-order valence-corrected chi connectivity index (χ1v) is 8.80. The molecule has 4 N–H and O–H groups in total. The molecule has 5 nitrogen and oxygen atoms in total. The van der Waals surface area contributed by atoms with Crippen molar-refractivity contribution in [3.8, 4) is 0 Å². The van der Waals surface area contributed by atoms with Crippen LogP contribution < -0.4 is 16.4 Å². The van der Waals surface area contributed by atoms with Crippen LogP contribution in [-0.2, 0) is 6.54 Å². The van der Waals surface area contributed by atoms with Crippen LogP contribution in [0.15, 0.2) is 29.3 Å². The third-order valence-electron chi connectivity index (χ3n) is 3.95. The number of nitrogens with zero attached hydrogens (tertiary/aromatic N) is 1. The monoisotopic (exact) mass is 320 g/mol. The molecule has 0 radical (unpaired) electrons. The number of benzene rings is 1. The summed E-state index contributed by atoms with van der Waals surface area (Å²) in [6, 6.07) is 7.82. The fraction of sp³-hybridized carbons (Fsp3) is 0.500. The van der Waals surface area contributed by atoms with Crippen LogP contribution in [0.1, 0.15) is 35.2 Å². The molecule has 1 fully saturated rings. The molecule has 2 atom stereocenters. The van der Waals surface area contributed by atoms with E-state index >= 15 is 0 Å². The molecule has 0 aromatic heterocycles. The van der Waals surface area contributed by atoms with Gasteiger partial charge in [0.15, 0.2) is 5.96 Å². The Labute approximate surface area is 136 Å². The Hall–Kier alpha value is -1.69. The number of guanidine groups is 1. The van der Waals surface area contributed by atoms with Crippen LogP contribution in [0, 0.1) is 0 Å². The number of rotatable bonds is 5. The van der Waals surface area contributed by atoms with Crippen molar-refractivity contribution >= 4 is 23.6 Å². The number of amides is 1. The van der Waals surface area contributed by atoms with Gasteiger partial charge in [-0.3, -0.25) is 9.79 Å². The number of thioether (sulfide) groups is 1. The lowest BCUT2D eigenvalue weighted by Crippen LogP contribution is -2.42. The topological polar surface area (TPSA) is 79.5 Å². The van der Waals surface area contributed by atoms with E-state index in [1.54, 1.807) is 13.1 Å². The predicted molar refractivity (Wildman–Crippen MR) is 93.2 cm³/mol. The molecule has 1 aromatic rings. The van der Waals surface area contributed by atoms with Crippen molar-refractivity contribution in [3.05, 3.63) is 35.4 Å². The Bertz CT molecular complexity index is 547. The molecule has 1 amide bonds. The molecule has 2 unspecified atom stereocenters. The van der Waals surface area contributed by atoms with Gasteiger partial charge in [-0.1, -0.05) is 12.1 Å². The Morgan fingerprint density at radius 2 is 2.27 bits per heavy atom. The van der Waals surface area contributed by atoms with E-state index in [9.17, 15) is 4.79 Å². The molecule has 1 aliphatic rings. The maximum absolute atomic E-state index is 11.2. The number of hydrogen-bond donors (Lipinski definition) is 3. The molecule has 1 aliphatic carbocycles. The molecule has 120 valence electrons. The summed E-state index contributed by atoms with van der Waals surface area (Å²) in [6.07, 6.45) is 5.80. The highest BCUT2D eigenvalue weighted by atomic mass is 32.2. The minimum atomic E-state index is -0.404. The van der Waals surface area contributed by atoms with Gasteiger partial charge in [-0.05, 0) is 43.2 Å². The molecular weight excluding hydrogens is 296 g/mol. The Kier molecular flexibility index (Phi) is 6.12. The van der Waals surface area contributed by atoms with Crippen molar-refractivity contribution in [2.24, 2.45) is 10.7 Å². The van der Waals surface area contributed by atoms with Crippen LogP contribution in [0.2, 0.25) is 0 Å².